The first-order chi connectivity index (χ1) is 10.6. The molecule has 2 aromatic carbocycles. The molecular formula is C17H17ClO3Se. The second kappa shape index (κ2) is 8.23. The van der Waals surface area contributed by atoms with E-state index in [2.05, 4.69) is 6.07 Å². The summed E-state index contributed by atoms with van der Waals surface area (Å²) in [6, 6.07) is 13.6. The summed E-state index contributed by atoms with van der Waals surface area (Å²) >= 11 is 6.57. The molecule has 0 spiro atoms. The van der Waals surface area contributed by atoms with Crippen molar-refractivity contribution >= 4 is 32.5 Å². The van der Waals surface area contributed by atoms with Crippen LogP contribution in [0.1, 0.15) is 18.1 Å². The van der Waals surface area contributed by atoms with Gasteiger partial charge in [0.25, 0.3) is 0 Å². The van der Waals surface area contributed by atoms with Crippen LogP contribution in [0.4, 0.5) is 0 Å². The molecule has 0 atom stereocenters. The Labute approximate surface area is 141 Å². The van der Waals surface area contributed by atoms with Crippen LogP contribution in [0, 0.1) is 0 Å². The van der Waals surface area contributed by atoms with E-state index in [1.807, 2.05) is 36.4 Å². The minimum absolute atomic E-state index is 0.298. The van der Waals surface area contributed by atoms with Gasteiger partial charge < -0.3 is 0 Å². The van der Waals surface area contributed by atoms with Crippen LogP contribution in [0.3, 0.4) is 0 Å². The molecule has 0 aliphatic heterocycles. The predicted octanol–water partition coefficient (Wildman–Crippen LogP) is 3.68. The summed E-state index contributed by atoms with van der Waals surface area (Å²) in [5.41, 5.74) is 2.47. The summed E-state index contributed by atoms with van der Waals surface area (Å²) in [7, 11) is 1.62. The van der Waals surface area contributed by atoms with Gasteiger partial charge >= 0.3 is 142 Å². The molecule has 0 heterocycles. The molecule has 2 rings (SSSR count). The van der Waals surface area contributed by atoms with Gasteiger partial charge in [0.15, 0.2) is 0 Å². The zero-order chi connectivity index (χ0) is 15.9. The van der Waals surface area contributed by atoms with E-state index in [-0.39, 0.29) is 5.97 Å². The van der Waals surface area contributed by atoms with Crippen molar-refractivity contribution in [2.24, 2.45) is 0 Å². The Kier molecular flexibility index (Phi) is 6.32. The summed E-state index contributed by atoms with van der Waals surface area (Å²) in [6.07, 6.45) is 0. The molecule has 0 fully saturated rings. The number of rotatable bonds is 6. The van der Waals surface area contributed by atoms with Crippen molar-refractivity contribution in [3.63, 3.8) is 0 Å². The topological polar surface area (TPSA) is 35.5 Å². The van der Waals surface area contributed by atoms with Gasteiger partial charge in [0, 0.05) is 0 Å². The molecule has 0 radical (unpaired) electrons. The van der Waals surface area contributed by atoms with Gasteiger partial charge in [-0.05, 0) is 0 Å². The van der Waals surface area contributed by atoms with Crippen molar-refractivity contribution < 1.29 is 14.3 Å². The molecule has 0 saturated carbocycles. The first-order valence-electron chi connectivity index (χ1n) is 6.76. The number of methoxy groups -OCH3 is 1. The van der Waals surface area contributed by atoms with E-state index >= 15 is 0 Å². The van der Waals surface area contributed by atoms with Gasteiger partial charge in [0.2, 0.25) is 0 Å². The van der Waals surface area contributed by atoms with E-state index < -0.39 is 0 Å². The summed E-state index contributed by atoms with van der Waals surface area (Å²) < 4.78 is 10.2. The van der Waals surface area contributed by atoms with Crippen molar-refractivity contribution in [1.29, 1.82) is 0 Å². The van der Waals surface area contributed by atoms with Gasteiger partial charge in [-0.2, -0.15) is 0 Å². The van der Waals surface area contributed by atoms with Crippen molar-refractivity contribution in [3.8, 4) is 11.5 Å². The first-order valence-corrected chi connectivity index (χ1v) is 9.56. The Balaban J connectivity index is 1.85. The van der Waals surface area contributed by atoms with E-state index in [9.17, 15) is 4.79 Å². The third kappa shape index (κ3) is 5.06. The molecule has 22 heavy (non-hydrogen) atoms. The number of hydrogen-bond acceptors (Lipinski definition) is 3. The number of esters is 1. The normalized spacial score (nSPS) is 10.3. The molecule has 0 N–H and O–H groups in total. The summed E-state index contributed by atoms with van der Waals surface area (Å²) in [5, 5.41) is 2.70. The second-order valence-electron chi connectivity index (χ2n) is 4.70. The number of ether oxygens (including phenoxy) is 2. The number of carbonyl (C=O) groups excluding carboxylic acids is 1. The van der Waals surface area contributed by atoms with Gasteiger partial charge in [-0.15, -0.1) is 0 Å². The van der Waals surface area contributed by atoms with Crippen molar-refractivity contribution in [2.45, 2.75) is 17.6 Å². The van der Waals surface area contributed by atoms with Crippen LogP contribution in [0.2, 0.25) is 5.02 Å². The van der Waals surface area contributed by atoms with Gasteiger partial charge in [-0.1, -0.05) is 0 Å². The Morgan fingerprint density at radius 3 is 2.32 bits per heavy atom. The Bertz CT molecular complexity index is 641. The molecule has 5 heteroatoms. The fourth-order valence-corrected chi connectivity index (χ4v) is 4.17. The summed E-state index contributed by atoms with van der Waals surface area (Å²) in [4.78, 5) is 10.9. The van der Waals surface area contributed by atoms with E-state index in [0.29, 0.717) is 31.5 Å². The van der Waals surface area contributed by atoms with Crippen LogP contribution in [0.5, 0.6) is 11.5 Å². The quantitative estimate of drug-likeness (QED) is 0.434. The second-order valence-corrected chi connectivity index (χ2v) is 7.17. The average molecular weight is 384 g/mol. The van der Waals surface area contributed by atoms with Crippen molar-refractivity contribution in [3.05, 3.63) is 58.6 Å². The predicted molar refractivity (Wildman–Crippen MR) is 88.9 cm³/mol. The van der Waals surface area contributed by atoms with Crippen molar-refractivity contribution in [2.75, 3.05) is 7.11 Å². The van der Waals surface area contributed by atoms with Crippen LogP contribution in [-0.2, 0) is 15.4 Å². The molecule has 0 saturated heterocycles. The molecule has 0 aliphatic carbocycles. The first kappa shape index (κ1) is 16.9. The van der Waals surface area contributed by atoms with Crippen LogP contribution >= 0.6 is 11.6 Å². The third-order valence-corrected chi connectivity index (χ3v) is 5.49. The SMILES string of the molecule is COc1ccc(C[Se]Cc2ccc(OC(C)=O)cc2)cc1Cl. The molecule has 0 bridgehead atoms. The molecule has 0 amide bonds. The molecule has 0 aromatic heterocycles. The van der Waals surface area contributed by atoms with Crippen LogP contribution in [-0.4, -0.2) is 28.0 Å². The summed E-state index contributed by atoms with van der Waals surface area (Å²) in [6.45, 7) is 1.40. The maximum atomic E-state index is 10.9. The summed E-state index contributed by atoms with van der Waals surface area (Å²) in [5.74, 6) is 0.998. The zero-order valence-electron chi connectivity index (χ0n) is 12.5. The number of hydrogen-bond donors (Lipinski definition) is 0. The van der Waals surface area contributed by atoms with E-state index in [0.717, 1.165) is 10.6 Å². The molecule has 0 unspecified atom stereocenters. The van der Waals surface area contributed by atoms with Crippen LogP contribution in [0.15, 0.2) is 42.5 Å². The van der Waals surface area contributed by atoms with Gasteiger partial charge in [0.1, 0.15) is 0 Å². The van der Waals surface area contributed by atoms with Crippen LogP contribution in [0.25, 0.3) is 0 Å². The molecule has 3 nitrogen and oxygen atoms in total. The minimum atomic E-state index is -0.298. The zero-order valence-corrected chi connectivity index (χ0v) is 14.9. The number of carbonyl (C=O) groups is 1. The fourth-order valence-electron chi connectivity index (χ4n) is 1.91. The van der Waals surface area contributed by atoms with Crippen LogP contribution < -0.4 is 9.47 Å². The Morgan fingerprint density at radius 1 is 1.09 bits per heavy atom. The third-order valence-electron chi connectivity index (χ3n) is 2.94. The molecular weight excluding hydrogens is 367 g/mol. The Morgan fingerprint density at radius 2 is 1.73 bits per heavy atom. The molecule has 2 aromatic rings. The van der Waals surface area contributed by atoms with Gasteiger partial charge in [-0.25, -0.2) is 0 Å². The van der Waals surface area contributed by atoms with E-state index in [1.165, 1.54) is 18.1 Å². The standard InChI is InChI=1S/C17H17ClO3Se/c1-12(19)21-15-6-3-13(4-7-15)10-22-11-14-5-8-17(20-2)16(18)9-14/h3-9H,10-11H2,1-2H3. The monoisotopic (exact) mass is 384 g/mol. The Hall–Kier alpha value is -1.48. The number of halogens is 1. The number of benzene rings is 2. The fraction of sp³-hybridized carbons (Fsp3) is 0.235. The average Bonchev–Trinajstić information content (AvgIpc) is 2.49. The molecule has 0 aliphatic rings. The van der Waals surface area contributed by atoms with Crippen molar-refractivity contribution in [1.82, 2.24) is 0 Å². The van der Waals surface area contributed by atoms with Gasteiger partial charge in [0.05, 0.1) is 0 Å². The molecule has 116 valence electrons. The van der Waals surface area contributed by atoms with Gasteiger partial charge in [-0.3, -0.25) is 0 Å². The van der Waals surface area contributed by atoms with E-state index in [4.69, 9.17) is 21.1 Å². The van der Waals surface area contributed by atoms with E-state index in [1.54, 1.807) is 7.11 Å². The maximum absolute atomic E-state index is 10.9.